The minimum atomic E-state index is 0.729. The van der Waals surface area contributed by atoms with Crippen molar-refractivity contribution in [2.45, 2.75) is 26.7 Å². The van der Waals surface area contributed by atoms with E-state index in [2.05, 4.69) is 49.3 Å². The van der Waals surface area contributed by atoms with Crippen molar-refractivity contribution in [1.29, 1.82) is 0 Å². The van der Waals surface area contributed by atoms with Gasteiger partial charge in [0.25, 0.3) is 0 Å². The minimum Gasteiger partial charge on any atom is -0.477 e. The van der Waals surface area contributed by atoms with Crippen LogP contribution in [0.5, 0.6) is 5.88 Å². The summed E-state index contributed by atoms with van der Waals surface area (Å²) in [5, 5.41) is 3.44. The molecule has 3 nitrogen and oxygen atoms in total. The van der Waals surface area contributed by atoms with Crippen LogP contribution >= 0.6 is 11.3 Å². The van der Waals surface area contributed by atoms with Crippen LogP contribution in [0.3, 0.4) is 0 Å². The van der Waals surface area contributed by atoms with Crippen LogP contribution in [0.2, 0.25) is 0 Å². The van der Waals surface area contributed by atoms with E-state index in [9.17, 15) is 0 Å². The fraction of sp³-hybridized carbons (Fsp3) is 0.533. The summed E-state index contributed by atoms with van der Waals surface area (Å²) in [6.07, 6.45) is 1.99. The molecule has 0 saturated carbocycles. The molecule has 0 unspecified atom stereocenters. The Morgan fingerprint density at radius 3 is 2.84 bits per heavy atom. The zero-order valence-corrected chi connectivity index (χ0v) is 13.0. The lowest BCUT2D eigenvalue weighted by molar-refractivity contribution is 0.271. The first kappa shape index (κ1) is 14.3. The number of pyridine rings is 1. The van der Waals surface area contributed by atoms with Gasteiger partial charge in [-0.1, -0.05) is 6.92 Å². The largest absolute Gasteiger partial charge is 0.477 e. The van der Waals surface area contributed by atoms with E-state index in [0.717, 1.165) is 37.6 Å². The van der Waals surface area contributed by atoms with Crippen molar-refractivity contribution >= 4 is 21.4 Å². The van der Waals surface area contributed by atoms with Gasteiger partial charge in [0.05, 0.1) is 17.0 Å². The predicted octanol–water partition coefficient (Wildman–Crippen LogP) is 3.50. The maximum absolute atomic E-state index is 5.90. The molecule has 0 fully saturated rings. The van der Waals surface area contributed by atoms with Crippen LogP contribution < -0.4 is 4.74 Å². The number of ether oxygens (including phenoxy) is 1. The van der Waals surface area contributed by atoms with E-state index in [0.29, 0.717) is 0 Å². The monoisotopic (exact) mass is 278 g/mol. The van der Waals surface area contributed by atoms with Gasteiger partial charge in [0.1, 0.15) is 0 Å². The van der Waals surface area contributed by atoms with Crippen molar-refractivity contribution in [2.24, 2.45) is 0 Å². The number of hydrogen-bond donors (Lipinski definition) is 0. The second-order valence-corrected chi connectivity index (χ2v) is 5.92. The third-order valence-corrected chi connectivity index (χ3v) is 4.21. The molecule has 19 heavy (non-hydrogen) atoms. The van der Waals surface area contributed by atoms with Gasteiger partial charge in [0.2, 0.25) is 5.88 Å². The zero-order valence-electron chi connectivity index (χ0n) is 12.2. The summed E-state index contributed by atoms with van der Waals surface area (Å²) in [4.78, 5) is 6.81. The maximum Gasteiger partial charge on any atom is 0.217 e. The highest BCUT2D eigenvalue weighted by atomic mass is 32.1. The Morgan fingerprint density at radius 2 is 2.16 bits per heavy atom. The van der Waals surface area contributed by atoms with Crippen molar-refractivity contribution in [3.05, 3.63) is 22.7 Å². The maximum atomic E-state index is 5.90. The molecule has 2 aromatic rings. The second kappa shape index (κ2) is 6.35. The van der Waals surface area contributed by atoms with E-state index in [4.69, 9.17) is 4.74 Å². The van der Waals surface area contributed by atoms with Gasteiger partial charge in [-0.15, -0.1) is 11.3 Å². The van der Waals surface area contributed by atoms with Gasteiger partial charge in [-0.3, -0.25) is 0 Å². The summed E-state index contributed by atoms with van der Waals surface area (Å²) in [5.41, 5.74) is 2.32. The molecule has 0 aliphatic carbocycles. The summed E-state index contributed by atoms with van der Waals surface area (Å²) >= 11 is 1.76. The van der Waals surface area contributed by atoms with Crippen LogP contribution in [0.4, 0.5) is 0 Å². The van der Waals surface area contributed by atoms with Crippen molar-refractivity contribution < 1.29 is 4.74 Å². The fourth-order valence-corrected chi connectivity index (χ4v) is 3.10. The molecule has 0 amide bonds. The van der Waals surface area contributed by atoms with E-state index in [1.54, 1.807) is 11.3 Å². The third-order valence-electron chi connectivity index (χ3n) is 3.19. The molecule has 0 spiro atoms. The second-order valence-electron chi connectivity index (χ2n) is 5.00. The highest BCUT2D eigenvalue weighted by molar-refractivity contribution is 7.17. The van der Waals surface area contributed by atoms with Crippen molar-refractivity contribution in [3.8, 4) is 5.88 Å². The van der Waals surface area contributed by atoms with E-state index in [1.807, 2.05) is 0 Å². The minimum absolute atomic E-state index is 0.729. The Morgan fingerprint density at radius 1 is 1.37 bits per heavy atom. The molecule has 0 aliphatic heterocycles. The average molecular weight is 278 g/mol. The summed E-state index contributed by atoms with van der Waals surface area (Å²) in [5.74, 6) is 0.824. The molecule has 0 atom stereocenters. The Hall–Kier alpha value is -1.13. The Bertz CT molecular complexity index is 548. The van der Waals surface area contributed by atoms with Crippen molar-refractivity contribution in [2.75, 3.05) is 27.2 Å². The van der Waals surface area contributed by atoms with Crippen LogP contribution in [0.15, 0.2) is 11.4 Å². The molecule has 2 aromatic heterocycles. The van der Waals surface area contributed by atoms with Crippen molar-refractivity contribution in [1.82, 2.24) is 9.88 Å². The number of rotatable bonds is 6. The quantitative estimate of drug-likeness (QED) is 0.756. The highest BCUT2D eigenvalue weighted by Crippen LogP contribution is 2.32. The Labute approximate surface area is 119 Å². The van der Waals surface area contributed by atoms with Crippen LogP contribution in [0.25, 0.3) is 10.1 Å². The first-order chi connectivity index (χ1) is 9.13. The number of aromatic nitrogens is 1. The van der Waals surface area contributed by atoms with Gasteiger partial charge in [-0.05, 0) is 45.3 Å². The molecule has 2 heterocycles. The van der Waals surface area contributed by atoms with Crippen LogP contribution in [0, 0.1) is 6.92 Å². The van der Waals surface area contributed by atoms with Crippen LogP contribution in [-0.4, -0.2) is 37.1 Å². The molecule has 0 radical (unpaired) electrons. The molecular formula is C15H22N2OS. The molecule has 0 bridgehead atoms. The topological polar surface area (TPSA) is 25.4 Å². The van der Waals surface area contributed by atoms with Gasteiger partial charge in [-0.2, -0.15) is 0 Å². The van der Waals surface area contributed by atoms with E-state index >= 15 is 0 Å². The first-order valence-electron chi connectivity index (χ1n) is 6.77. The van der Waals surface area contributed by atoms with Crippen LogP contribution in [-0.2, 0) is 6.42 Å². The summed E-state index contributed by atoms with van der Waals surface area (Å²) < 4.78 is 7.19. The third kappa shape index (κ3) is 3.25. The molecule has 104 valence electrons. The van der Waals surface area contributed by atoms with Gasteiger partial charge >= 0.3 is 0 Å². The van der Waals surface area contributed by atoms with Gasteiger partial charge in [0, 0.05) is 17.5 Å². The summed E-state index contributed by atoms with van der Waals surface area (Å²) in [7, 11) is 4.16. The number of hydrogen-bond acceptors (Lipinski definition) is 4. The average Bonchev–Trinajstić information content (AvgIpc) is 2.84. The fourth-order valence-electron chi connectivity index (χ4n) is 2.22. The highest BCUT2D eigenvalue weighted by Gasteiger charge is 2.12. The number of thiophene rings is 1. The lowest BCUT2D eigenvalue weighted by atomic mass is 10.1. The lowest BCUT2D eigenvalue weighted by Crippen LogP contribution is -2.16. The Kier molecular flexibility index (Phi) is 4.77. The van der Waals surface area contributed by atoms with Crippen molar-refractivity contribution in [3.63, 3.8) is 0 Å². The normalized spacial score (nSPS) is 11.4. The summed E-state index contributed by atoms with van der Waals surface area (Å²) in [6.45, 7) is 6.00. The molecular weight excluding hydrogens is 256 g/mol. The molecule has 2 rings (SSSR count). The predicted molar refractivity (Wildman–Crippen MR) is 82.4 cm³/mol. The number of aryl methyl sites for hydroxylation is 2. The van der Waals surface area contributed by atoms with E-state index in [1.165, 1.54) is 15.6 Å². The number of fused-ring (bicyclic) bond motifs is 1. The van der Waals surface area contributed by atoms with Gasteiger partial charge in [0.15, 0.2) is 0 Å². The first-order valence-corrected chi connectivity index (χ1v) is 7.65. The van der Waals surface area contributed by atoms with E-state index < -0.39 is 0 Å². The molecule has 0 aromatic carbocycles. The van der Waals surface area contributed by atoms with Gasteiger partial charge < -0.3 is 9.64 Å². The molecule has 0 aliphatic rings. The van der Waals surface area contributed by atoms with E-state index in [-0.39, 0.29) is 0 Å². The standard InChI is InChI=1S/C15H22N2OS/c1-5-12-13-7-10-19-14(13)11(2)16-15(12)18-9-6-8-17(3)4/h7,10H,5-6,8-9H2,1-4H3. The van der Waals surface area contributed by atoms with Crippen LogP contribution in [0.1, 0.15) is 24.6 Å². The molecule has 4 heteroatoms. The molecule has 0 N–H and O–H groups in total. The SMILES string of the molecule is CCc1c(OCCCN(C)C)nc(C)c2sccc12. The number of nitrogens with zero attached hydrogens (tertiary/aromatic N) is 2. The zero-order chi connectivity index (χ0) is 13.8. The Balaban J connectivity index is 2.17. The lowest BCUT2D eigenvalue weighted by Gasteiger charge is -2.13. The van der Waals surface area contributed by atoms with Gasteiger partial charge in [-0.25, -0.2) is 4.98 Å². The smallest absolute Gasteiger partial charge is 0.217 e. The molecule has 0 saturated heterocycles. The summed E-state index contributed by atoms with van der Waals surface area (Å²) in [6, 6.07) is 2.18.